The van der Waals surface area contributed by atoms with Crippen LogP contribution in [0.15, 0.2) is 36.5 Å². The number of hydrogen-bond acceptors (Lipinski definition) is 3. The summed E-state index contributed by atoms with van der Waals surface area (Å²) in [5.74, 6) is 0.641. The van der Waals surface area contributed by atoms with Gasteiger partial charge in [0.1, 0.15) is 0 Å². The largest absolute Gasteiger partial charge is 0.481 e. The molecule has 1 unspecified atom stereocenters. The molecule has 0 fully saturated rings. The second-order valence-corrected chi connectivity index (χ2v) is 4.65. The molecule has 1 heterocycles. The third-order valence-electron chi connectivity index (χ3n) is 3.55. The Balaban J connectivity index is 1.97. The van der Waals surface area contributed by atoms with E-state index in [0.717, 1.165) is 18.4 Å². The highest BCUT2D eigenvalue weighted by atomic mass is 16.5. The molecule has 3 nitrogen and oxygen atoms in total. The van der Waals surface area contributed by atoms with Gasteiger partial charge >= 0.3 is 0 Å². The van der Waals surface area contributed by atoms with Crippen molar-refractivity contribution in [3.8, 4) is 17.0 Å². The first-order valence-electron chi connectivity index (χ1n) is 6.17. The lowest BCUT2D eigenvalue weighted by atomic mass is 10.0. The second kappa shape index (κ2) is 4.42. The minimum Gasteiger partial charge on any atom is -0.481 e. The molecule has 0 amide bonds. The van der Waals surface area contributed by atoms with Crippen LogP contribution in [0.3, 0.4) is 0 Å². The van der Waals surface area contributed by atoms with Crippen molar-refractivity contribution in [1.82, 2.24) is 4.98 Å². The van der Waals surface area contributed by atoms with Gasteiger partial charge in [-0.2, -0.15) is 0 Å². The number of pyridine rings is 1. The van der Waals surface area contributed by atoms with Gasteiger partial charge in [0, 0.05) is 23.9 Å². The summed E-state index contributed by atoms with van der Waals surface area (Å²) in [6.45, 7) is 0. The van der Waals surface area contributed by atoms with Crippen LogP contribution in [0.1, 0.15) is 23.6 Å². The molecule has 1 atom stereocenters. The Kier molecular flexibility index (Phi) is 2.76. The van der Waals surface area contributed by atoms with Gasteiger partial charge in [0.25, 0.3) is 0 Å². The van der Waals surface area contributed by atoms with Gasteiger partial charge in [-0.3, -0.25) is 0 Å². The number of rotatable bonds is 2. The van der Waals surface area contributed by atoms with E-state index < -0.39 is 0 Å². The number of hydrogen-bond donors (Lipinski definition) is 1. The fourth-order valence-corrected chi connectivity index (χ4v) is 2.50. The molecule has 3 heteroatoms. The van der Waals surface area contributed by atoms with Gasteiger partial charge in [0.15, 0.2) is 0 Å². The molecule has 92 valence electrons. The summed E-state index contributed by atoms with van der Waals surface area (Å²) in [6, 6.07) is 10.6. The minimum atomic E-state index is 0.211. The van der Waals surface area contributed by atoms with Crippen LogP contribution in [-0.2, 0) is 6.42 Å². The third-order valence-corrected chi connectivity index (χ3v) is 3.55. The van der Waals surface area contributed by atoms with Gasteiger partial charge in [0.05, 0.1) is 7.11 Å². The number of ether oxygens (including phenoxy) is 1. The summed E-state index contributed by atoms with van der Waals surface area (Å²) < 4.78 is 5.07. The van der Waals surface area contributed by atoms with Crippen LogP contribution in [0.2, 0.25) is 0 Å². The van der Waals surface area contributed by atoms with Crippen LogP contribution in [-0.4, -0.2) is 12.1 Å². The molecule has 18 heavy (non-hydrogen) atoms. The van der Waals surface area contributed by atoms with Gasteiger partial charge in [-0.05, 0) is 35.6 Å². The Labute approximate surface area is 107 Å². The summed E-state index contributed by atoms with van der Waals surface area (Å²) in [6.07, 6.45) is 3.98. The smallest absolute Gasteiger partial charge is 0.212 e. The molecule has 0 spiro atoms. The predicted octanol–water partition coefficient (Wildman–Crippen LogP) is 2.70. The van der Waals surface area contributed by atoms with Crippen molar-refractivity contribution in [2.24, 2.45) is 5.73 Å². The van der Waals surface area contributed by atoms with Crippen LogP contribution in [0.25, 0.3) is 11.1 Å². The lowest BCUT2D eigenvalue weighted by Gasteiger charge is -2.07. The summed E-state index contributed by atoms with van der Waals surface area (Å²) in [4.78, 5) is 4.24. The number of aromatic nitrogens is 1. The zero-order chi connectivity index (χ0) is 12.5. The maximum atomic E-state index is 6.04. The minimum absolute atomic E-state index is 0.211. The fourth-order valence-electron chi connectivity index (χ4n) is 2.50. The molecule has 0 bridgehead atoms. The van der Waals surface area contributed by atoms with Gasteiger partial charge in [-0.25, -0.2) is 4.98 Å². The first-order chi connectivity index (χ1) is 8.78. The molecule has 0 aliphatic heterocycles. The number of aryl methyl sites for hydroxylation is 1. The zero-order valence-electron chi connectivity index (χ0n) is 10.4. The zero-order valence-corrected chi connectivity index (χ0v) is 10.4. The van der Waals surface area contributed by atoms with E-state index in [4.69, 9.17) is 10.5 Å². The van der Waals surface area contributed by atoms with E-state index in [1.54, 1.807) is 7.11 Å². The highest BCUT2D eigenvalue weighted by Crippen LogP contribution is 2.32. The number of benzene rings is 1. The Hall–Kier alpha value is -1.87. The third kappa shape index (κ3) is 1.87. The fraction of sp³-hybridized carbons (Fsp3) is 0.267. The van der Waals surface area contributed by atoms with Crippen molar-refractivity contribution >= 4 is 0 Å². The number of nitrogens with zero attached hydrogens (tertiary/aromatic N) is 1. The summed E-state index contributed by atoms with van der Waals surface area (Å²) in [5.41, 5.74) is 11.0. The average Bonchev–Trinajstić information content (AvgIpc) is 2.80. The number of methoxy groups -OCH3 is 1. The van der Waals surface area contributed by atoms with E-state index in [1.807, 2.05) is 18.3 Å². The van der Waals surface area contributed by atoms with Crippen molar-refractivity contribution in [1.29, 1.82) is 0 Å². The Morgan fingerprint density at radius 3 is 2.78 bits per heavy atom. The topological polar surface area (TPSA) is 48.1 Å². The first-order valence-corrected chi connectivity index (χ1v) is 6.17. The Bertz CT molecular complexity index is 563. The second-order valence-electron chi connectivity index (χ2n) is 4.65. The van der Waals surface area contributed by atoms with E-state index in [9.17, 15) is 0 Å². The van der Waals surface area contributed by atoms with Crippen LogP contribution in [0, 0.1) is 0 Å². The molecule has 0 saturated carbocycles. The summed E-state index contributed by atoms with van der Waals surface area (Å²) >= 11 is 0. The predicted molar refractivity (Wildman–Crippen MR) is 71.5 cm³/mol. The van der Waals surface area contributed by atoms with Gasteiger partial charge in [0.2, 0.25) is 5.88 Å². The molecule has 0 saturated heterocycles. The molecule has 1 aromatic heterocycles. The van der Waals surface area contributed by atoms with Crippen molar-refractivity contribution < 1.29 is 4.74 Å². The SMILES string of the molecule is COc1ccc(-c2ccc3c(c2)CCC3N)cn1. The maximum absolute atomic E-state index is 6.04. The lowest BCUT2D eigenvalue weighted by molar-refractivity contribution is 0.398. The van der Waals surface area contributed by atoms with E-state index in [2.05, 4.69) is 23.2 Å². The first kappa shape index (κ1) is 11.2. The van der Waals surface area contributed by atoms with Crippen molar-refractivity contribution in [3.63, 3.8) is 0 Å². The van der Waals surface area contributed by atoms with E-state index >= 15 is 0 Å². The van der Waals surface area contributed by atoms with Crippen LogP contribution >= 0.6 is 0 Å². The Morgan fingerprint density at radius 1 is 1.22 bits per heavy atom. The van der Waals surface area contributed by atoms with Crippen LogP contribution in [0.4, 0.5) is 0 Å². The molecular weight excluding hydrogens is 224 g/mol. The summed E-state index contributed by atoms with van der Waals surface area (Å²) in [5, 5.41) is 0. The highest BCUT2D eigenvalue weighted by Gasteiger charge is 2.18. The van der Waals surface area contributed by atoms with Crippen LogP contribution < -0.4 is 10.5 Å². The van der Waals surface area contributed by atoms with Gasteiger partial charge < -0.3 is 10.5 Å². The number of nitrogens with two attached hydrogens (primary N) is 1. The Morgan fingerprint density at radius 2 is 2.06 bits per heavy atom. The molecule has 0 radical (unpaired) electrons. The van der Waals surface area contributed by atoms with E-state index in [0.29, 0.717) is 5.88 Å². The summed E-state index contributed by atoms with van der Waals surface area (Å²) in [7, 11) is 1.62. The average molecular weight is 240 g/mol. The van der Waals surface area contributed by atoms with Crippen molar-refractivity contribution in [2.45, 2.75) is 18.9 Å². The molecular formula is C15H16N2O. The molecule has 1 aliphatic rings. The van der Waals surface area contributed by atoms with E-state index in [-0.39, 0.29) is 6.04 Å². The number of fused-ring (bicyclic) bond motifs is 1. The molecule has 3 rings (SSSR count). The molecule has 1 aliphatic carbocycles. The maximum Gasteiger partial charge on any atom is 0.212 e. The standard InChI is InChI=1S/C15H16N2O/c1-18-15-7-4-12(9-17-15)10-2-5-13-11(8-10)3-6-14(13)16/h2,4-5,7-9,14H,3,6,16H2,1H3. The van der Waals surface area contributed by atoms with Crippen molar-refractivity contribution in [2.75, 3.05) is 7.11 Å². The van der Waals surface area contributed by atoms with E-state index in [1.165, 1.54) is 16.7 Å². The normalized spacial score (nSPS) is 17.6. The molecule has 1 aromatic carbocycles. The van der Waals surface area contributed by atoms with Gasteiger partial charge in [-0.15, -0.1) is 0 Å². The quantitative estimate of drug-likeness (QED) is 0.878. The highest BCUT2D eigenvalue weighted by molar-refractivity contribution is 5.65. The van der Waals surface area contributed by atoms with Crippen LogP contribution in [0.5, 0.6) is 5.88 Å². The van der Waals surface area contributed by atoms with Crippen molar-refractivity contribution in [3.05, 3.63) is 47.7 Å². The molecule has 2 N–H and O–H groups in total. The monoisotopic (exact) mass is 240 g/mol. The molecule has 2 aromatic rings. The van der Waals surface area contributed by atoms with Gasteiger partial charge in [-0.1, -0.05) is 18.2 Å². The lowest BCUT2D eigenvalue weighted by Crippen LogP contribution is -2.04.